The first-order valence-corrected chi connectivity index (χ1v) is 5.05. The molecule has 0 amide bonds. The molecular formula is C11H11ClN2O2. The number of aryl methyl sites for hydroxylation is 1. The number of benzene rings is 1. The SMILES string of the molecule is COc1cc(C)c(Cl)cc1-c1coc(N)n1. The van der Waals surface area contributed by atoms with Crippen LogP contribution in [0.3, 0.4) is 0 Å². The van der Waals surface area contributed by atoms with Gasteiger partial charge in [-0.25, -0.2) is 0 Å². The maximum atomic E-state index is 6.05. The van der Waals surface area contributed by atoms with Crippen LogP contribution in [0.5, 0.6) is 5.75 Å². The molecule has 0 radical (unpaired) electrons. The zero-order valence-corrected chi connectivity index (χ0v) is 9.71. The Morgan fingerprint density at radius 1 is 1.44 bits per heavy atom. The van der Waals surface area contributed by atoms with Crippen LogP contribution in [-0.4, -0.2) is 12.1 Å². The summed E-state index contributed by atoms with van der Waals surface area (Å²) < 4.78 is 10.2. The van der Waals surface area contributed by atoms with Crippen molar-refractivity contribution in [1.82, 2.24) is 4.98 Å². The van der Waals surface area contributed by atoms with Crippen LogP contribution in [0.25, 0.3) is 11.3 Å². The van der Waals surface area contributed by atoms with Gasteiger partial charge in [-0.3, -0.25) is 0 Å². The molecule has 0 fully saturated rings. The molecule has 0 unspecified atom stereocenters. The molecule has 1 aromatic heterocycles. The number of ether oxygens (including phenoxy) is 1. The molecule has 0 saturated heterocycles. The van der Waals surface area contributed by atoms with E-state index >= 15 is 0 Å². The Morgan fingerprint density at radius 3 is 2.75 bits per heavy atom. The van der Waals surface area contributed by atoms with E-state index < -0.39 is 0 Å². The third kappa shape index (κ3) is 1.84. The predicted molar refractivity (Wildman–Crippen MR) is 62.7 cm³/mol. The van der Waals surface area contributed by atoms with Crippen LogP contribution in [0.1, 0.15) is 5.56 Å². The summed E-state index contributed by atoms with van der Waals surface area (Å²) in [6.07, 6.45) is 1.47. The smallest absolute Gasteiger partial charge is 0.292 e. The van der Waals surface area contributed by atoms with Crippen molar-refractivity contribution in [3.8, 4) is 17.0 Å². The Bertz CT molecular complexity index is 523. The Morgan fingerprint density at radius 2 is 2.19 bits per heavy atom. The summed E-state index contributed by atoms with van der Waals surface area (Å²) in [5.41, 5.74) is 7.74. The Labute approximate surface area is 98.0 Å². The number of aromatic nitrogens is 1. The second-order valence-corrected chi connectivity index (χ2v) is 3.78. The lowest BCUT2D eigenvalue weighted by Gasteiger charge is -2.08. The van der Waals surface area contributed by atoms with Crippen LogP contribution >= 0.6 is 11.6 Å². The molecule has 2 N–H and O–H groups in total. The van der Waals surface area contributed by atoms with Gasteiger partial charge in [-0.15, -0.1) is 0 Å². The van der Waals surface area contributed by atoms with Gasteiger partial charge in [0.15, 0.2) is 0 Å². The van der Waals surface area contributed by atoms with Gasteiger partial charge in [0.05, 0.1) is 7.11 Å². The maximum absolute atomic E-state index is 6.05. The van der Waals surface area contributed by atoms with E-state index in [9.17, 15) is 0 Å². The molecule has 4 nitrogen and oxygen atoms in total. The first kappa shape index (κ1) is 10.8. The summed E-state index contributed by atoms with van der Waals surface area (Å²) in [7, 11) is 1.59. The second-order valence-electron chi connectivity index (χ2n) is 3.37. The van der Waals surface area contributed by atoms with E-state index in [0.717, 1.165) is 11.1 Å². The van der Waals surface area contributed by atoms with Gasteiger partial charge in [0.1, 0.15) is 17.7 Å². The molecule has 1 aromatic carbocycles. The fourth-order valence-corrected chi connectivity index (χ4v) is 1.60. The molecule has 0 aliphatic carbocycles. The quantitative estimate of drug-likeness (QED) is 0.874. The number of nitrogen functional groups attached to an aromatic ring is 1. The minimum Gasteiger partial charge on any atom is -0.496 e. The van der Waals surface area contributed by atoms with Gasteiger partial charge in [0.2, 0.25) is 0 Å². The monoisotopic (exact) mass is 238 g/mol. The minimum absolute atomic E-state index is 0.119. The van der Waals surface area contributed by atoms with Crippen molar-refractivity contribution in [3.05, 3.63) is 29.0 Å². The van der Waals surface area contributed by atoms with Crippen LogP contribution in [0.15, 0.2) is 22.8 Å². The zero-order chi connectivity index (χ0) is 11.7. The molecule has 2 rings (SSSR count). The van der Waals surface area contributed by atoms with E-state index in [1.165, 1.54) is 6.26 Å². The normalized spacial score (nSPS) is 10.4. The summed E-state index contributed by atoms with van der Waals surface area (Å²) in [6.45, 7) is 1.91. The standard InChI is InChI=1S/C11H11ClN2O2/c1-6-3-10(15-2)7(4-8(6)12)9-5-16-11(13)14-9/h3-5H,1-2H3,(H2,13,14). The van der Waals surface area contributed by atoms with Gasteiger partial charge in [-0.2, -0.15) is 4.98 Å². The van der Waals surface area contributed by atoms with Crippen LogP contribution < -0.4 is 10.5 Å². The third-order valence-electron chi connectivity index (χ3n) is 2.28. The fraction of sp³-hybridized carbons (Fsp3) is 0.182. The maximum Gasteiger partial charge on any atom is 0.292 e. The van der Waals surface area contributed by atoms with Crippen LogP contribution in [0, 0.1) is 6.92 Å². The van der Waals surface area contributed by atoms with E-state index in [0.29, 0.717) is 16.5 Å². The van der Waals surface area contributed by atoms with Crippen molar-refractivity contribution in [3.63, 3.8) is 0 Å². The molecule has 1 heterocycles. The van der Waals surface area contributed by atoms with Crippen molar-refractivity contribution in [1.29, 1.82) is 0 Å². The number of nitrogens with zero attached hydrogens (tertiary/aromatic N) is 1. The Hall–Kier alpha value is -1.68. The molecular weight excluding hydrogens is 228 g/mol. The van der Waals surface area contributed by atoms with Crippen LogP contribution in [-0.2, 0) is 0 Å². The van der Waals surface area contributed by atoms with E-state index in [2.05, 4.69) is 4.98 Å². The molecule has 0 bridgehead atoms. The summed E-state index contributed by atoms with van der Waals surface area (Å²) in [6, 6.07) is 3.75. The predicted octanol–water partition coefficient (Wildman–Crippen LogP) is 2.89. The van der Waals surface area contributed by atoms with Gasteiger partial charge in [-0.05, 0) is 24.6 Å². The highest BCUT2D eigenvalue weighted by Crippen LogP contribution is 2.34. The van der Waals surface area contributed by atoms with E-state index in [4.69, 9.17) is 26.5 Å². The fourth-order valence-electron chi connectivity index (χ4n) is 1.44. The van der Waals surface area contributed by atoms with Gasteiger partial charge in [-0.1, -0.05) is 11.6 Å². The van der Waals surface area contributed by atoms with E-state index in [1.54, 1.807) is 13.2 Å². The van der Waals surface area contributed by atoms with Crippen molar-refractivity contribution >= 4 is 17.6 Å². The highest BCUT2D eigenvalue weighted by atomic mass is 35.5. The molecule has 0 atom stereocenters. The average molecular weight is 239 g/mol. The number of anilines is 1. The van der Waals surface area contributed by atoms with Crippen molar-refractivity contribution in [2.24, 2.45) is 0 Å². The largest absolute Gasteiger partial charge is 0.496 e. The number of hydrogen-bond donors (Lipinski definition) is 1. The molecule has 0 spiro atoms. The molecule has 0 saturated carbocycles. The zero-order valence-electron chi connectivity index (χ0n) is 8.95. The van der Waals surface area contributed by atoms with Crippen LogP contribution in [0.4, 0.5) is 6.01 Å². The molecule has 0 aliphatic heterocycles. The summed E-state index contributed by atoms with van der Waals surface area (Å²) >= 11 is 6.05. The molecule has 0 aliphatic rings. The van der Waals surface area contributed by atoms with E-state index in [1.807, 2.05) is 13.0 Å². The first-order chi connectivity index (χ1) is 7.61. The number of hydrogen-bond acceptors (Lipinski definition) is 4. The number of rotatable bonds is 2. The van der Waals surface area contributed by atoms with Crippen molar-refractivity contribution < 1.29 is 9.15 Å². The summed E-state index contributed by atoms with van der Waals surface area (Å²) in [5, 5.41) is 0.650. The summed E-state index contributed by atoms with van der Waals surface area (Å²) in [4.78, 5) is 4.03. The lowest BCUT2D eigenvalue weighted by Crippen LogP contribution is -1.91. The number of halogens is 1. The Kier molecular flexibility index (Phi) is 2.75. The minimum atomic E-state index is 0.119. The molecule has 5 heteroatoms. The molecule has 84 valence electrons. The second kappa shape index (κ2) is 4.06. The Balaban J connectivity index is 2.59. The molecule has 2 aromatic rings. The third-order valence-corrected chi connectivity index (χ3v) is 2.69. The lowest BCUT2D eigenvalue weighted by molar-refractivity contribution is 0.416. The first-order valence-electron chi connectivity index (χ1n) is 4.67. The van der Waals surface area contributed by atoms with Gasteiger partial charge in [0, 0.05) is 10.6 Å². The van der Waals surface area contributed by atoms with Crippen molar-refractivity contribution in [2.75, 3.05) is 12.8 Å². The molecule has 16 heavy (non-hydrogen) atoms. The van der Waals surface area contributed by atoms with Crippen LogP contribution in [0.2, 0.25) is 5.02 Å². The van der Waals surface area contributed by atoms with Gasteiger partial charge in [0.25, 0.3) is 6.01 Å². The highest BCUT2D eigenvalue weighted by Gasteiger charge is 2.12. The topological polar surface area (TPSA) is 61.3 Å². The van der Waals surface area contributed by atoms with E-state index in [-0.39, 0.29) is 6.01 Å². The van der Waals surface area contributed by atoms with Gasteiger partial charge < -0.3 is 14.9 Å². The number of oxazole rings is 1. The number of methoxy groups -OCH3 is 1. The average Bonchev–Trinajstić information content (AvgIpc) is 2.68. The highest BCUT2D eigenvalue weighted by molar-refractivity contribution is 6.31. The summed E-state index contributed by atoms with van der Waals surface area (Å²) in [5.74, 6) is 0.690. The van der Waals surface area contributed by atoms with Gasteiger partial charge >= 0.3 is 0 Å². The lowest BCUT2D eigenvalue weighted by atomic mass is 10.1. The number of nitrogens with two attached hydrogens (primary N) is 1. The van der Waals surface area contributed by atoms with Crippen molar-refractivity contribution in [2.45, 2.75) is 6.92 Å².